The van der Waals surface area contributed by atoms with Crippen molar-refractivity contribution in [3.05, 3.63) is 24.0 Å². The van der Waals surface area contributed by atoms with Gasteiger partial charge in [0.25, 0.3) is 0 Å². The average molecular weight is 158 g/mol. The highest BCUT2D eigenvalue weighted by atomic mass is 32.1. The Morgan fingerprint density at radius 2 is 2.10 bits per heavy atom. The van der Waals surface area contributed by atoms with Crippen molar-refractivity contribution in [2.75, 3.05) is 7.11 Å². The fourth-order valence-corrected chi connectivity index (χ4v) is 0.916. The molecule has 1 nitrogen and oxygen atoms in total. The molecule has 1 aromatic rings. The largest absolute Gasteiger partial charge is 0.497 e. The Kier molecular flexibility index (Phi) is 2.17. The van der Waals surface area contributed by atoms with Crippen LogP contribution in [0.5, 0.6) is 5.75 Å². The van der Waals surface area contributed by atoms with Crippen LogP contribution in [0.15, 0.2) is 23.1 Å². The number of hydrogen-bond acceptors (Lipinski definition) is 2. The minimum atomic E-state index is -0.329. The lowest BCUT2D eigenvalue weighted by molar-refractivity contribution is 0.410. The van der Waals surface area contributed by atoms with E-state index in [4.69, 9.17) is 4.74 Å². The average Bonchev–Trinajstić information content (AvgIpc) is 1.85. The number of rotatable bonds is 1. The topological polar surface area (TPSA) is 9.23 Å². The summed E-state index contributed by atoms with van der Waals surface area (Å²) in [6.07, 6.45) is 0. The van der Waals surface area contributed by atoms with Crippen molar-refractivity contribution >= 4 is 12.6 Å². The lowest BCUT2D eigenvalue weighted by Gasteiger charge is -1.99. The van der Waals surface area contributed by atoms with Crippen molar-refractivity contribution in [3.8, 4) is 5.75 Å². The van der Waals surface area contributed by atoms with Crippen LogP contribution in [0.3, 0.4) is 0 Å². The maximum atomic E-state index is 12.5. The standard InChI is InChI=1S/C7H7FOS/c1-9-6-2-5(8)3-7(10)4-6/h2-4,10H,1H3. The highest BCUT2D eigenvalue weighted by Gasteiger charge is 1.95. The van der Waals surface area contributed by atoms with E-state index in [2.05, 4.69) is 12.6 Å². The van der Waals surface area contributed by atoms with E-state index in [1.165, 1.54) is 19.2 Å². The van der Waals surface area contributed by atoms with Crippen molar-refractivity contribution in [3.63, 3.8) is 0 Å². The summed E-state index contributed by atoms with van der Waals surface area (Å²) in [6.45, 7) is 0. The van der Waals surface area contributed by atoms with Gasteiger partial charge in [0.2, 0.25) is 0 Å². The van der Waals surface area contributed by atoms with Gasteiger partial charge in [-0.3, -0.25) is 0 Å². The molecule has 0 radical (unpaired) electrons. The van der Waals surface area contributed by atoms with Crippen molar-refractivity contribution in [1.29, 1.82) is 0 Å². The highest BCUT2D eigenvalue weighted by molar-refractivity contribution is 7.80. The molecule has 0 fully saturated rings. The SMILES string of the molecule is COc1cc(F)cc(S)c1. The Balaban J connectivity index is 3.06. The van der Waals surface area contributed by atoms with Crippen molar-refractivity contribution in [1.82, 2.24) is 0 Å². The van der Waals surface area contributed by atoms with Gasteiger partial charge in [0.05, 0.1) is 7.11 Å². The lowest BCUT2D eigenvalue weighted by Crippen LogP contribution is -1.83. The lowest BCUT2D eigenvalue weighted by atomic mass is 10.3. The Morgan fingerprint density at radius 3 is 2.60 bits per heavy atom. The smallest absolute Gasteiger partial charge is 0.128 e. The summed E-state index contributed by atoms with van der Waals surface area (Å²) in [5.41, 5.74) is 0. The van der Waals surface area contributed by atoms with Crippen LogP contribution in [-0.4, -0.2) is 7.11 Å². The Bertz CT molecular complexity index is 217. The van der Waals surface area contributed by atoms with Crippen LogP contribution in [-0.2, 0) is 0 Å². The number of hydrogen-bond donors (Lipinski definition) is 1. The number of halogens is 1. The van der Waals surface area contributed by atoms with E-state index in [9.17, 15) is 4.39 Å². The molecule has 0 aliphatic heterocycles. The monoisotopic (exact) mass is 158 g/mol. The second kappa shape index (κ2) is 2.92. The predicted octanol–water partition coefficient (Wildman–Crippen LogP) is 2.12. The van der Waals surface area contributed by atoms with E-state index in [0.717, 1.165) is 0 Å². The number of ether oxygens (including phenoxy) is 1. The van der Waals surface area contributed by atoms with Crippen LogP contribution in [0.25, 0.3) is 0 Å². The van der Waals surface area contributed by atoms with Gasteiger partial charge < -0.3 is 4.74 Å². The third kappa shape index (κ3) is 1.64. The molecule has 0 aromatic heterocycles. The normalized spacial score (nSPS) is 9.50. The van der Waals surface area contributed by atoms with E-state index in [1.807, 2.05) is 0 Å². The Morgan fingerprint density at radius 1 is 1.40 bits per heavy atom. The maximum absolute atomic E-state index is 12.5. The van der Waals surface area contributed by atoms with E-state index < -0.39 is 0 Å². The second-order valence-corrected chi connectivity index (χ2v) is 2.37. The zero-order chi connectivity index (χ0) is 7.56. The zero-order valence-corrected chi connectivity index (χ0v) is 6.36. The summed E-state index contributed by atoms with van der Waals surface area (Å²) in [5.74, 6) is 0.161. The molecule has 1 rings (SSSR count). The van der Waals surface area contributed by atoms with Gasteiger partial charge >= 0.3 is 0 Å². The van der Waals surface area contributed by atoms with Gasteiger partial charge in [-0.25, -0.2) is 4.39 Å². The first-order valence-corrected chi connectivity index (χ1v) is 3.20. The fourth-order valence-electron chi connectivity index (χ4n) is 0.666. The van der Waals surface area contributed by atoms with Crippen molar-refractivity contribution < 1.29 is 9.13 Å². The van der Waals surface area contributed by atoms with Gasteiger partial charge in [0.15, 0.2) is 0 Å². The minimum Gasteiger partial charge on any atom is -0.497 e. The molecule has 0 unspecified atom stereocenters. The Labute approximate surface area is 64.2 Å². The maximum Gasteiger partial charge on any atom is 0.128 e. The molecule has 0 atom stereocenters. The van der Waals surface area contributed by atoms with Crippen LogP contribution in [0, 0.1) is 5.82 Å². The summed E-state index contributed by atoms with van der Waals surface area (Å²) in [5, 5.41) is 0. The number of thiol groups is 1. The summed E-state index contributed by atoms with van der Waals surface area (Å²) < 4.78 is 17.3. The molecule has 3 heteroatoms. The van der Waals surface area contributed by atoms with E-state index in [-0.39, 0.29) is 5.82 Å². The van der Waals surface area contributed by atoms with Gasteiger partial charge in [-0.1, -0.05) is 0 Å². The first-order valence-electron chi connectivity index (χ1n) is 2.76. The van der Waals surface area contributed by atoms with Crippen LogP contribution >= 0.6 is 12.6 Å². The molecular weight excluding hydrogens is 151 g/mol. The molecule has 1 aromatic carbocycles. The quantitative estimate of drug-likeness (QED) is 0.616. The molecule has 0 aliphatic rings. The number of benzene rings is 1. The molecular formula is C7H7FOS. The van der Waals surface area contributed by atoms with Gasteiger partial charge in [-0.15, -0.1) is 12.6 Å². The molecule has 0 bridgehead atoms. The van der Waals surface area contributed by atoms with E-state index in [1.54, 1.807) is 6.07 Å². The molecule has 0 heterocycles. The molecule has 0 saturated heterocycles. The third-order valence-electron chi connectivity index (χ3n) is 1.09. The summed E-state index contributed by atoms with van der Waals surface area (Å²) in [6, 6.07) is 4.28. The summed E-state index contributed by atoms with van der Waals surface area (Å²) >= 11 is 3.96. The zero-order valence-electron chi connectivity index (χ0n) is 5.47. The van der Waals surface area contributed by atoms with Gasteiger partial charge in [0, 0.05) is 11.0 Å². The highest BCUT2D eigenvalue weighted by Crippen LogP contribution is 2.17. The minimum absolute atomic E-state index is 0.329. The molecule has 0 saturated carbocycles. The predicted molar refractivity (Wildman–Crippen MR) is 40.2 cm³/mol. The Hall–Kier alpha value is -0.700. The van der Waals surface area contributed by atoms with Crippen molar-refractivity contribution in [2.45, 2.75) is 4.90 Å². The molecule has 0 aliphatic carbocycles. The molecule has 54 valence electrons. The van der Waals surface area contributed by atoms with E-state index >= 15 is 0 Å². The van der Waals surface area contributed by atoms with Crippen LogP contribution in [0.1, 0.15) is 0 Å². The summed E-state index contributed by atoms with van der Waals surface area (Å²) in [4.78, 5) is 0.567. The molecule has 0 N–H and O–H groups in total. The van der Waals surface area contributed by atoms with Gasteiger partial charge in [0.1, 0.15) is 11.6 Å². The molecule has 10 heavy (non-hydrogen) atoms. The first-order chi connectivity index (χ1) is 4.72. The van der Waals surface area contributed by atoms with Gasteiger partial charge in [-0.2, -0.15) is 0 Å². The van der Waals surface area contributed by atoms with Crippen LogP contribution < -0.4 is 4.74 Å². The van der Waals surface area contributed by atoms with Crippen molar-refractivity contribution in [2.24, 2.45) is 0 Å². The van der Waals surface area contributed by atoms with Crippen LogP contribution in [0.4, 0.5) is 4.39 Å². The molecule has 0 spiro atoms. The fraction of sp³-hybridized carbons (Fsp3) is 0.143. The van der Waals surface area contributed by atoms with Crippen LogP contribution in [0.2, 0.25) is 0 Å². The number of methoxy groups -OCH3 is 1. The summed E-state index contributed by atoms with van der Waals surface area (Å²) in [7, 11) is 1.49. The van der Waals surface area contributed by atoms with E-state index in [0.29, 0.717) is 10.6 Å². The second-order valence-electron chi connectivity index (χ2n) is 1.85. The molecule has 0 amide bonds. The first kappa shape index (κ1) is 7.41. The van der Waals surface area contributed by atoms with Gasteiger partial charge in [-0.05, 0) is 12.1 Å². The third-order valence-corrected chi connectivity index (χ3v) is 1.35.